The van der Waals surface area contributed by atoms with E-state index >= 15 is 0 Å². The number of hydrogen-bond donors (Lipinski definition) is 2. The molecule has 0 bridgehead atoms. The van der Waals surface area contributed by atoms with Crippen LogP contribution in [0.4, 0.5) is 4.39 Å². The van der Waals surface area contributed by atoms with Gasteiger partial charge >= 0.3 is 0 Å². The van der Waals surface area contributed by atoms with Crippen LogP contribution in [0.1, 0.15) is 42.9 Å². The molecule has 3 atom stereocenters. The normalized spacial score (nSPS) is 21.7. The van der Waals surface area contributed by atoms with Crippen molar-refractivity contribution in [3.63, 3.8) is 0 Å². The zero-order valence-corrected chi connectivity index (χ0v) is 17.7. The first-order chi connectivity index (χ1) is 14.7. The van der Waals surface area contributed by atoms with Gasteiger partial charge in [-0.2, -0.15) is 5.10 Å². The average Bonchev–Trinajstić information content (AvgIpc) is 3.20. The number of carbonyl (C=O) groups excluding carboxylic acids is 3. The summed E-state index contributed by atoms with van der Waals surface area (Å²) in [5.41, 5.74) is 7.20. The van der Waals surface area contributed by atoms with Crippen molar-refractivity contribution in [2.24, 2.45) is 11.7 Å². The maximum atomic E-state index is 13.8. The van der Waals surface area contributed by atoms with Gasteiger partial charge in [0.05, 0.1) is 17.8 Å². The van der Waals surface area contributed by atoms with E-state index in [-0.39, 0.29) is 48.4 Å². The molecule has 3 amide bonds. The molecule has 3 heterocycles. The molecule has 0 unspecified atom stereocenters. The number of halogens is 1. The number of aryl methyl sites for hydroxylation is 1. The molecule has 1 aliphatic heterocycles. The van der Waals surface area contributed by atoms with Gasteiger partial charge in [0.25, 0.3) is 5.91 Å². The molecule has 0 spiro atoms. The quantitative estimate of drug-likeness (QED) is 0.716. The molecule has 0 aromatic carbocycles. The van der Waals surface area contributed by atoms with E-state index in [1.54, 1.807) is 37.9 Å². The summed E-state index contributed by atoms with van der Waals surface area (Å²) in [4.78, 5) is 43.5. The Morgan fingerprint density at radius 3 is 2.71 bits per heavy atom. The molecule has 1 saturated heterocycles. The lowest BCUT2D eigenvalue weighted by Crippen LogP contribution is -2.49. The van der Waals surface area contributed by atoms with Crippen LogP contribution >= 0.6 is 0 Å². The number of nitrogens with zero attached hydrogens (tertiary/aromatic N) is 4. The first-order valence-corrected chi connectivity index (χ1v) is 10.2. The van der Waals surface area contributed by atoms with Crippen molar-refractivity contribution in [2.75, 3.05) is 6.54 Å². The van der Waals surface area contributed by atoms with Gasteiger partial charge in [-0.25, -0.2) is 4.39 Å². The number of hydrogen-bond acceptors (Lipinski definition) is 5. The Kier molecular flexibility index (Phi) is 5.24. The predicted octanol–water partition coefficient (Wildman–Crippen LogP) is 1.21. The summed E-state index contributed by atoms with van der Waals surface area (Å²) >= 11 is 0. The monoisotopic (exact) mass is 428 g/mol. The first-order valence-electron chi connectivity index (χ1n) is 10.2. The average molecular weight is 428 g/mol. The highest BCUT2D eigenvalue weighted by Crippen LogP contribution is 2.48. The molecule has 4 rings (SSSR count). The first kappa shape index (κ1) is 21.0. The lowest BCUT2D eigenvalue weighted by molar-refractivity contribution is -0.140. The second kappa shape index (κ2) is 7.75. The fourth-order valence-electron chi connectivity index (χ4n) is 4.31. The van der Waals surface area contributed by atoms with Crippen LogP contribution < -0.4 is 11.1 Å². The van der Waals surface area contributed by atoms with Gasteiger partial charge in [0.15, 0.2) is 5.69 Å². The number of allylic oxidation sites excluding steroid dienone is 1. The number of fused-ring (bicyclic) bond motifs is 2. The number of amides is 3. The van der Waals surface area contributed by atoms with Crippen LogP contribution in [0.15, 0.2) is 23.7 Å². The Bertz CT molecular complexity index is 1120. The molecule has 0 radical (unpaired) electrons. The van der Waals surface area contributed by atoms with Crippen molar-refractivity contribution in [3.05, 3.63) is 35.1 Å². The summed E-state index contributed by atoms with van der Waals surface area (Å²) in [6.07, 6.45) is 2.97. The third-order valence-corrected chi connectivity index (χ3v) is 6.01. The Hall–Kier alpha value is -3.30. The maximum Gasteiger partial charge on any atom is 0.269 e. The van der Waals surface area contributed by atoms with Crippen molar-refractivity contribution in [1.82, 2.24) is 25.0 Å². The van der Waals surface area contributed by atoms with E-state index in [1.807, 2.05) is 0 Å². The molecule has 2 aromatic heterocycles. The molecule has 2 fully saturated rings. The number of rotatable bonds is 6. The molecule has 9 nitrogen and oxygen atoms in total. The number of piperidine rings is 1. The standard InChI is InChI=1S/C21H25FN6O3/c1-10(2)14(22)8-25-21(31)16-7-12-6-15(12)28(16)17(29)9-27-19-11(3)24-5-4-13(19)18(26-27)20(23)30/h4-5,12,15-16H,6-9H2,1-3H3,(H2,23,30)(H,25,31)/t12-,15-,16+/m1/s1. The molecule has 1 saturated carbocycles. The number of primary amides is 1. The second-order valence-electron chi connectivity index (χ2n) is 8.40. The van der Waals surface area contributed by atoms with E-state index in [4.69, 9.17) is 5.73 Å². The third kappa shape index (κ3) is 3.77. The fraction of sp³-hybridized carbons (Fsp3) is 0.476. The Morgan fingerprint density at radius 1 is 1.29 bits per heavy atom. The highest BCUT2D eigenvalue weighted by atomic mass is 19.1. The molecule has 31 heavy (non-hydrogen) atoms. The fourth-order valence-corrected chi connectivity index (χ4v) is 4.31. The highest BCUT2D eigenvalue weighted by molar-refractivity contribution is 6.04. The summed E-state index contributed by atoms with van der Waals surface area (Å²) in [5.74, 6) is -1.44. The van der Waals surface area contributed by atoms with Gasteiger partial charge in [0, 0.05) is 17.6 Å². The Morgan fingerprint density at radius 2 is 2.03 bits per heavy atom. The third-order valence-electron chi connectivity index (χ3n) is 6.01. The van der Waals surface area contributed by atoms with Gasteiger partial charge in [0.1, 0.15) is 18.4 Å². The molecule has 1 aliphatic carbocycles. The molecular formula is C21H25FN6O3. The van der Waals surface area contributed by atoms with Crippen LogP contribution in [0.25, 0.3) is 10.9 Å². The summed E-state index contributed by atoms with van der Waals surface area (Å²) < 4.78 is 15.2. The van der Waals surface area contributed by atoms with Gasteiger partial charge in [-0.05, 0) is 51.2 Å². The Balaban J connectivity index is 1.56. The van der Waals surface area contributed by atoms with Crippen LogP contribution in [0, 0.1) is 12.8 Å². The molecule has 10 heteroatoms. The van der Waals surface area contributed by atoms with Crippen molar-refractivity contribution in [2.45, 2.75) is 52.2 Å². The predicted molar refractivity (Wildman–Crippen MR) is 110 cm³/mol. The molecule has 3 N–H and O–H groups in total. The topological polar surface area (TPSA) is 123 Å². The van der Waals surface area contributed by atoms with E-state index in [1.165, 1.54) is 4.68 Å². The van der Waals surface area contributed by atoms with Gasteiger partial charge < -0.3 is 16.0 Å². The zero-order chi connectivity index (χ0) is 22.4. The van der Waals surface area contributed by atoms with Crippen LogP contribution in [-0.2, 0) is 16.1 Å². The smallest absolute Gasteiger partial charge is 0.269 e. The molecular weight excluding hydrogens is 403 g/mol. The summed E-state index contributed by atoms with van der Waals surface area (Å²) in [6.45, 7) is 4.69. The lowest BCUT2D eigenvalue weighted by atomic mass is 10.1. The Labute approximate surface area is 178 Å². The maximum absolute atomic E-state index is 13.8. The van der Waals surface area contributed by atoms with Crippen molar-refractivity contribution in [3.8, 4) is 0 Å². The van der Waals surface area contributed by atoms with Gasteiger partial charge in [-0.1, -0.05) is 0 Å². The van der Waals surface area contributed by atoms with Crippen LogP contribution in [-0.4, -0.2) is 56.0 Å². The van der Waals surface area contributed by atoms with E-state index in [0.29, 0.717) is 28.6 Å². The van der Waals surface area contributed by atoms with Gasteiger partial charge in [-0.15, -0.1) is 0 Å². The van der Waals surface area contributed by atoms with Crippen LogP contribution in [0.5, 0.6) is 0 Å². The largest absolute Gasteiger partial charge is 0.364 e. The SMILES string of the molecule is CC(C)=C(F)CNC(=O)[C@@H]1C[C@H]2C[C@H]2N1C(=O)Cn1nc(C(N)=O)c2ccnc(C)c21. The van der Waals surface area contributed by atoms with Crippen molar-refractivity contribution >= 4 is 28.6 Å². The zero-order valence-electron chi connectivity index (χ0n) is 17.7. The van der Waals surface area contributed by atoms with E-state index in [0.717, 1.165) is 6.42 Å². The lowest BCUT2D eigenvalue weighted by Gasteiger charge is -2.27. The minimum Gasteiger partial charge on any atom is -0.364 e. The van der Waals surface area contributed by atoms with Crippen molar-refractivity contribution < 1.29 is 18.8 Å². The number of pyridine rings is 1. The van der Waals surface area contributed by atoms with Gasteiger partial charge in [0.2, 0.25) is 11.8 Å². The number of nitrogens with one attached hydrogen (secondary N) is 1. The van der Waals surface area contributed by atoms with Gasteiger partial charge in [-0.3, -0.25) is 24.0 Å². The van der Waals surface area contributed by atoms with Crippen LogP contribution in [0.3, 0.4) is 0 Å². The summed E-state index contributed by atoms with van der Waals surface area (Å²) in [7, 11) is 0. The molecule has 2 aliphatic rings. The second-order valence-corrected chi connectivity index (χ2v) is 8.40. The highest BCUT2D eigenvalue weighted by Gasteiger charge is 2.56. The summed E-state index contributed by atoms with van der Waals surface area (Å²) in [5, 5.41) is 7.37. The van der Waals surface area contributed by atoms with Crippen molar-refractivity contribution in [1.29, 1.82) is 0 Å². The van der Waals surface area contributed by atoms with Crippen LogP contribution in [0.2, 0.25) is 0 Å². The van der Waals surface area contributed by atoms with E-state index in [2.05, 4.69) is 15.4 Å². The van der Waals surface area contributed by atoms with E-state index in [9.17, 15) is 18.8 Å². The minimum absolute atomic E-state index is 0.00760. The number of aromatic nitrogens is 3. The number of nitrogens with two attached hydrogens (primary N) is 1. The molecule has 164 valence electrons. The number of carbonyl (C=O) groups is 3. The molecule has 2 aromatic rings. The minimum atomic E-state index is -0.691. The van der Waals surface area contributed by atoms with E-state index < -0.39 is 11.9 Å². The number of likely N-dealkylation sites (tertiary alicyclic amines) is 1. The summed E-state index contributed by atoms with van der Waals surface area (Å²) in [6, 6.07) is 1.00.